The Bertz CT molecular complexity index is 806. The summed E-state index contributed by atoms with van der Waals surface area (Å²) in [4.78, 5) is 12.1. The number of esters is 1. The van der Waals surface area contributed by atoms with Crippen LogP contribution in [0.4, 0.5) is 0 Å². The van der Waals surface area contributed by atoms with Gasteiger partial charge in [0.15, 0.2) is 11.5 Å². The van der Waals surface area contributed by atoms with Gasteiger partial charge in [0.1, 0.15) is 0 Å². The van der Waals surface area contributed by atoms with Gasteiger partial charge in [-0.25, -0.2) is 4.79 Å². The minimum absolute atomic E-state index is 0.0736. The number of phenolic OH excluding ortho intramolecular Hbond substituents is 1. The lowest BCUT2D eigenvalue weighted by atomic mass is 9.90. The van der Waals surface area contributed by atoms with Crippen molar-refractivity contribution in [3.63, 3.8) is 0 Å². The Hall–Kier alpha value is -2.01. The highest BCUT2D eigenvalue weighted by Crippen LogP contribution is 2.27. The Balaban J connectivity index is 2.11. The maximum atomic E-state index is 12.1. The van der Waals surface area contributed by atoms with Crippen LogP contribution in [0.3, 0.4) is 0 Å². The Morgan fingerprint density at radius 2 is 1.21 bits per heavy atom. The van der Waals surface area contributed by atoms with E-state index in [-0.39, 0.29) is 11.7 Å². The first-order valence-electron chi connectivity index (χ1n) is 17.9. The van der Waals surface area contributed by atoms with E-state index >= 15 is 0 Å². The molecule has 1 atom stereocenters. The highest BCUT2D eigenvalue weighted by Gasteiger charge is 2.09. The van der Waals surface area contributed by atoms with Crippen molar-refractivity contribution in [2.45, 2.75) is 161 Å². The van der Waals surface area contributed by atoms with E-state index < -0.39 is 0 Å². The van der Waals surface area contributed by atoms with Gasteiger partial charge in [-0.15, -0.1) is 0 Å². The van der Waals surface area contributed by atoms with Crippen LogP contribution >= 0.6 is 0 Å². The molecule has 5 heteroatoms. The normalized spacial score (nSPS) is 12.2. The third-order valence-electron chi connectivity index (χ3n) is 8.60. The number of hydrogen-bond donors (Lipinski definition) is 2. The number of aliphatic hydroxyl groups is 1. The summed E-state index contributed by atoms with van der Waals surface area (Å²) in [6.07, 6.45) is 34.5. The topological polar surface area (TPSA) is 76.0 Å². The summed E-state index contributed by atoms with van der Waals surface area (Å²) in [5.74, 6) is 0.890. The molecule has 0 radical (unpaired) electrons. The van der Waals surface area contributed by atoms with Gasteiger partial charge in [0.25, 0.3) is 0 Å². The Labute approximate surface area is 264 Å². The Kier molecular flexibility index (Phi) is 26.1. The molecule has 5 nitrogen and oxygen atoms in total. The molecule has 0 heterocycles. The van der Waals surface area contributed by atoms with Crippen molar-refractivity contribution in [3.05, 3.63) is 29.8 Å². The van der Waals surface area contributed by atoms with Crippen LogP contribution in [0.15, 0.2) is 24.3 Å². The van der Waals surface area contributed by atoms with E-state index in [2.05, 4.69) is 6.92 Å². The third-order valence-corrected chi connectivity index (χ3v) is 8.60. The number of benzene rings is 1. The summed E-state index contributed by atoms with van der Waals surface area (Å²) < 4.78 is 10.5. The van der Waals surface area contributed by atoms with Crippen LogP contribution in [0.1, 0.15) is 167 Å². The molecule has 0 aliphatic heterocycles. The molecule has 0 fully saturated rings. The molecular formula is C38H66O5. The first kappa shape index (κ1) is 39.0. The van der Waals surface area contributed by atoms with Crippen LogP contribution in [0.5, 0.6) is 11.5 Å². The zero-order valence-corrected chi connectivity index (χ0v) is 28.0. The average molecular weight is 603 g/mol. The van der Waals surface area contributed by atoms with Crippen molar-refractivity contribution in [2.24, 2.45) is 5.92 Å². The van der Waals surface area contributed by atoms with Gasteiger partial charge < -0.3 is 19.7 Å². The van der Waals surface area contributed by atoms with Crippen molar-refractivity contribution >= 4 is 12.0 Å². The summed E-state index contributed by atoms with van der Waals surface area (Å²) in [6, 6.07) is 4.95. The largest absolute Gasteiger partial charge is 0.504 e. The van der Waals surface area contributed by atoms with Crippen molar-refractivity contribution in [2.75, 3.05) is 20.3 Å². The predicted molar refractivity (Wildman–Crippen MR) is 182 cm³/mol. The molecule has 43 heavy (non-hydrogen) atoms. The highest BCUT2D eigenvalue weighted by molar-refractivity contribution is 5.87. The van der Waals surface area contributed by atoms with Gasteiger partial charge in [0.05, 0.1) is 13.7 Å². The number of aromatic hydroxyl groups is 1. The molecule has 0 aliphatic rings. The molecule has 248 valence electrons. The fourth-order valence-corrected chi connectivity index (χ4v) is 5.85. The minimum atomic E-state index is -0.345. The lowest BCUT2D eigenvalue weighted by molar-refractivity contribution is -0.137. The predicted octanol–water partition coefficient (Wildman–Crippen LogP) is 10.9. The van der Waals surface area contributed by atoms with Crippen molar-refractivity contribution in [1.82, 2.24) is 0 Å². The molecule has 0 saturated carbocycles. The van der Waals surface area contributed by atoms with Crippen molar-refractivity contribution in [3.8, 4) is 11.5 Å². The molecule has 1 rings (SSSR count). The smallest absolute Gasteiger partial charge is 0.330 e. The lowest BCUT2D eigenvalue weighted by Gasteiger charge is -2.17. The van der Waals surface area contributed by atoms with Gasteiger partial charge in [-0.3, -0.25) is 0 Å². The molecule has 0 amide bonds. The molecule has 2 N–H and O–H groups in total. The summed E-state index contributed by atoms with van der Waals surface area (Å²) in [5, 5.41) is 18.8. The van der Waals surface area contributed by atoms with Crippen molar-refractivity contribution in [1.29, 1.82) is 0 Å². The lowest BCUT2D eigenvalue weighted by Crippen LogP contribution is -2.04. The first-order chi connectivity index (χ1) is 21.1. The Morgan fingerprint density at radius 3 is 1.72 bits per heavy atom. The number of carbonyl (C=O) groups is 1. The van der Waals surface area contributed by atoms with E-state index in [1.165, 1.54) is 142 Å². The highest BCUT2D eigenvalue weighted by atomic mass is 16.5. The SMILES string of the molecule is CCCCCCCCCCCCCCCCCC(CCCCCO)CCCCCOC(=O)C=Cc1ccc(O)c(OC)c1. The van der Waals surface area contributed by atoms with E-state index in [0.29, 0.717) is 19.0 Å². The summed E-state index contributed by atoms with van der Waals surface area (Å²) in [6.45, 7) is 3.04. The van der Waals surface area contributed by atoms with Crippen LogP contribution in [0.25, 0.3) is 6.08 Å². The second kappa shape index (κ2) is 28.7. The molecule has 1 unspecified atom stereocenters. The van der Waals surface area contributed by atoms with Crippen molar-refractivity contribution < 1.29 is 24.5 Å². The fourth-order valence-electron chi connectivity index (χ4n) is 5.85. The van der Waals surface area contributed by atoms with E-state index in [9.17, 15) is 9.90 Å². The van der Waals surface area contributed by atoms with Gasteiger partial charge in [0, 0.05) is 12.7 Å². The number of ether oxygens (including phenoxy) is 2. The van der Waals surface area contributed by atoms with Gasteiger partial charge in [-0.1, -0.05) is 154 Å². The average Bonchev–Trinajstić information content (AvgIpc) is 3.01. The number of unbranched alkanes of at least 4 members (excludes halogenated alkanes) is 18. The summed E-state index contributed by atoms with van der Waals surface area (Å²) >= 11 is 0. The van der Waals surface area contributed by atoms with Crippen LogP contribution in [-0.4, -0.2) is 36.5 Å². The van der Waals surface area contributed by atoms with E-state index in [1.54, 1.807) is 24.3 Å². The standard InChI is InChI=1S/C38H66O5/c1-3-4-5-6-7-8-9-10-11-12-13-14-15-16-19-24-34(25-20-17-22-31-39)26-21-18-23-32-43-38(41)30-28-35-27-29-36(40)37(33-35)42-2/h27-30,33-34,39-40H,3-26,31-32H2,1-2H3. The second-order valence-electron chi connectivity index (χ2n) is 12.5. The molecule has 0 aromatic heterocycles. The van der Waals surface area contributed by atoms with Crippen LogP contribution in [0, 0.1) is 5.92 Å². The molecule has 0 spiro atoms. The minimum Gasteiger partial charge on any atom is -0.504 e. The molecule has 0 aliphatic carbocycles. The van der Waals surface area contributed by atoms with E-state index in [4.69, 9.17) is 14.6 Å². The Morgan fingerprint density at radius 1 is 0.721 bits per heavy atom. The van der Waals surface area contributed by atoms with Gasteiger partial charge in [-0.05, 0) is 42.5 Å². The summed E-state index contributed by atoms with van der Waals surface area (Å²) in [5.41, 5.74) is 0.769. The first-order valence-corrected chi connectivity index (χ1v) is 17.9. The van der Waals surface area contributed by atoms with Gasteiger partial charge in [-0.2, -0.15) is 0 Å². The van der Waals surface area contributed by atoms with Crippen LogP contribution in [-0.2, 0) is 9.53 Å². The molecular weight excluding hydrogens is 536 g/mol. The van der Waals surface area contributed by atoms with Gasteiger partial charge >= 0.3 is 5.97 Å². The number of phenols is 1. The van der Waals surface area contributed by atoms with Crippen LogP contribution in [0.2, 0.25) is 0 Å². The number of carbonyl (C=O) groups excluding carboxylic acids is 1. The third kappa shape index (κ3) is 23.1. The molecule has 1 aromatic carbocycles. The number of methoxy groups -OCH3 is 1. The second-order valence-corrected chi connectivity index (χ2v) is 12.5. The van der Waals surface area contributed by atoms with E-state index in [1.807, 2.05) is 0 Å². The maximum Gasteiger partial charge on any atom is 0.330 e. The zero-order chi connectivity index (χ0) is 31.2. The molecule has 1 aromatic rings. The maximum absolute atomic E-state index is 12.1. The van der Waals surface area contributed by atoms with E-state index in [0.717, 1.165) is 37.2 Å². The molecule has 0 saturated heterocycles. The van der Waals surface area contributed by atoms with Gasteiger partial charge in [0.2, 0.25) is 0 Å². The quantitative estimate of drug-likeness (QED) is 0.0520. The van der Waals surface area contributed by atoms with Crippen LogP contribution < -0.4 is 4.74 Å². The fraction of sp³-hybridized carbons (Fsp3) is 0.763. The zero-order valence-electron chi connectivity index (χ0n) is 28.0. The monoisotopic (exact) mass is 602 g/mol. The number of rotatable bonds is 30. The summed E-state index contributed by atoms with van der Waals surface area (Å²) in [7, 11) is 1.50. The number of aliphatic hydroxyl groups excluding tert-OH is 1. The molecule has 0 bridgehead atoms. The number of hydrogen-bond acceptors (Lipinski definition) is 5.